The maximum Gasteiger partial charge on any atom is 0.115 e. The molecule has 0 aliphatic heterocycles. The highest BCUT2D eigenvalue weighted by Crippen LogP contribution is 2.25. The fraction of sp³-hybridized carbons (Fsp3) is 0.600. The molecule has 4 nitrogen and oxygen atoms in total. The number of rotatable bonds is 3. The molecular weight excluding hydrogens is 176 g/mol. The molecule has 1 unspecified atom stereocenters. The number of aromatic nitrogens is 2. The zero-order chi connectivity index (χ0) is 10.8. The average molecular weight is 194 g/mol. The van der Waals surface area contributed by atoms with Crippen LogP contribution in [0.2, 0.25) is 0 Å². The molecule has 0 bridgehead atoms. The van der Waals surface area contributed by atoms with Gasteiger partial charge < -0.3 is 10.6 Å². The topological polar surface area (TPSA) is 55.0 Å². The fourth-order valence-corrected chi connectivity index (χ4v) is 1.16. The maximum atomic E-state index is 6.15. The van der Waals surface area contributed by atoms with Crippen molar-refractivity contribution in [3.05, 3.63) is 24.3 Å². The lowest BCUT2D eigenvalue weighted by atomic mass is 9.90. The minimum atomic E-state index is -0.106. The first kappa shape index (κ1) is 11.1. The Kier molecular flexibility index (Phi) is 3.18. The van der Waals surface area contributed by atoms with E-state index in [-0.39, 0.29) is 11.6 Å². The Bertz CT molecular complexity index is 281. The van der Waals surface area contributed by atoms with Crippen LogP contribution in [0.1, 0.15) is 25.5 Å². The minimum Gasteiger partial charge on any atom is -0.322 e. The summed E-state index contributed by atoms with van der Waals surface area (Å²) in [5.41, 5.74) is 7.01. The molecule has 0 fully saturated rings. The molecule has 1 aromatic rings. The van der Waals surface area contributed by atoms with Gasteiger partial charge in [-0.15, -0.1) is 0 Å². The van der Waals surface area contributed by atoms with Gasteiger partial charge in [-0.1, -0.05) is 0 Å². The summed E-state index contributed by atoms with van der Waals surface area (Å²) >= 11 is 0. The van der Waals surface area contributed by atoms with Crippen molar-refractivity contribution in [2.75, 3.05) is 14.1 Å². The van der Waals surface area contributed by atoms with Gasteiger partial charge in [0.2, 0.25) is 0 Å². The Morgan fingerprint density at radius 1 is 1.29 bits per heavy atom. The Balaban J connectivity index is 2.90. The van der Waals surface area contributed by atoms with Crippen molar-refractivity contribution in [2.45, 2.75) is 25.4 Å². The smallest absolute Gasteiger partial charge is 0.115 e. The van der Waals surface area contributed by atoms with E-state index in [1.807, 2.05) is 14.1 Å². The second-order valence-corrected chi connectivity index (χ2v) is 4.20. The fourth-order valence-electron chi connectivity index (χ4n) is 1.16. The molecular formula is C10H18N4. The highest BCUT2D eigenvalue weighted by molar-refractivity contribution is 5.14. The van der Waals surface area contributed by atoms with Gasteiger partial charge in [-0.3, -0.25) is 0 Å². The van der Waals surface area contributed by atoms with Crippen LogP contribution < -0.4 is 5.73 Å². The van der Waals surface area contributed by atoms with Crippen LogP contribution in [0.4, 0.5) is 0 Å². The van der Waals surface area contributed by atoms with Crippen molar-refractivity contribution in [2.24, 2.45) is 5.73 Å². The van der Waals surface area contributed by atoms with Crippen LogP contribution in [0.3, 0.4) is 0 Å². The van der Waals surface area contributed by atoms with E-state index < -0.39 is 0 Å². The number of nitrogens with zero attached hydrogens (tertiary/aromatic N) is 3. The van der Waals surface area contributed by atoms with Crippen LogP contribution in [0.5, 0.6) is 0 Å². The molecule has 0 aliphatic rings. The lowest BCUT2D eigenvalue weighted by Gasteiger charge is -2.37. The van der Waals surface area contributed by atoms with Crippen molar-refractivity contribution < 1.29 is 0 Å². The predicted molar refractivity (Wildman–Crippen MR) is 56.7 cm³/mol. The normalized spacial score (nSPS) is 14.4. The summed E-state index contributed by atoms with van der Waals surface area (Å²) in [5.74, 6) is 0. The van der Waals surface area contributed by atoms with Crippen molar-refractivity contribution in [3.8, 4) is 0 Å². The highest BCUT2D eigenvalue weighted by atomic mass is 15.2. The molecule has 0 radical (unpaired) electrons. The summed E-state index contributed by atoms with van der Waals surface area (Å²) in [4.78, 5) is 10.0. The van der Waals surface area contributed by atoms with Crippen LogP contribution in [0, 0.1) is 0 Å². The molecule has 0 spiro atoms. The molecule has 1 rings (SSSR count). The van der Waals surface area contributed by atoms with Gasteiger partial charge in [0, 0.05) is 23.5 Å². The van der Waals surface area contributed by atoms with Gasteiger partial charge in [-0.25, -0.2) is 9.97 Å². The van der Waals surface area contributed by atoms with Crippen LogP contribution in [-0.4, -0.2) is 34.5 Å². The number of hydrogen-bond acceptors (Lipinski definition) is 4. The lowest BCUT2D eigenvalue weighted by molar-refractivity contribution is 0.158. The van der Waals surface area contributed by atoms with Crippen molar-refractivity contribution in [1.29, 1.82) is 0 Å². The third-order valence-corrected chi connectivity index (χ3v) is 2.85. The molecule has 2 N–H and O–H groups in total. The zero-order valence-corrected chi connectivity index (χ0v) is 9.23. The van der Waals surface area contributed by atoms with Crippen LogP contribution >= 0.6 is 0 Å². The van der Waals surface area contributed by atoms with Gasteiger partial charge in [-0.2, -0.15) is 0 Å². The third-order valence-electron chi connectivity index (χ3n) is 2.85. The molecule has 1 atom stereocenters. The first-order valence-electron chi connectivity index (χ1n) is 4.64. The van der Waals surface area contributed by atoms with E-state index in [4.69, 9.17) is 5.73 Å². The number of likely N-dealkylation sites (N-methyl/N-ethyl adjacent to an activating group) is 1. The van der Waals surface area contributed by atoms with E-state index in [1.165, 1.54) is 6.33 Å². The van der Waals surface area contributed by atoms with E-state index in [1.54, 1.807) is 12.4 Å². The Morgan fingerprint density at radius 2 is 1.79 bits per heavy atom. The second kappa shape index (κ2) is 4.02. The highest BCUT2D eigenvalue weighted by Gasteiger charge is 2.29. The van der Waals surface area contributed by atoms with Crippen molar-refractivity contribution in [3.63, 3.8) is 0 Å². The van der Waals surface area contributed by atoms with Gasteiger partial charge in [0.25, 0.3) is 0 Å². The molecule has 0 aromatic carbocycles. The second-order valence-electron chi connectivity index (χ2n) is 4.20. The summed E-state index contributed by atoms with van der Waals surface area (Å²) < 4.78 is 0. The summed E-state index contributed by atoms with van der Waals surface area (Å²) in [6.45, 7) is 4.20. The van der Waals surface area contributed by atoms with Gasteiger partial charge >= 0.3 is 0 Å². The first-order valence-corrected chi connectivity index (χ1v) is 4.64. The molecule has 1 aromatic heterocycles. The average Bonchev–Trinajstić information content (AvgIpc) is 2.17. The Morgan fingerprint density at radius 3 is 2.21 bits per heavy atom. The van der Waals surface area contributed by atoms with Gasteiger partial charge in [0.1, 0.15) is 6.33 Å². The van der Waals surface area contributed by atoms with Gasteiger partial charge in [0.15, 0.2) is 0 Å². The summed E-state index contributed by atoms with van der Waals surface area (Å²) in [6.07, 6.45) is 5.05. The zero-order valence-electron chi connectivity index (χ0n) is 9.23. The molecule has 4 heteroatoms. The SMILES string of the molecule is CN(C)C(C)(C)C(N)c1cncnc1. The quantitative estimate of drug-likeness (QED) is 0.774. The predicted octanol–water partition coefficient (Wildman–Crippen LogP) is 0.817. The number of nitrogens with two attached hydrogens (primary N) is 1. The molecule has 0 saturated carbocycles. The Labute approximate surface area is 85.2 Å². The monoisotopic (exact) mass is 194 g/mol. The minimum absolute atomic E-state index is 0.0845. The van der Waals surface area contributed by atoms with E-state index in [2.05, 4.69) is 28.7 Å². The largest absolute Gasteiger partial charge is 0.322 e. The summed E-state index contributed by atoms with van der Waals surface area (Å²) in [6, 6.07) is -0.0845. The van der Waals surface area contributed by atoms with E-state index in [0.29, 0.717) is 0 Å². The first-order chi connectivity index (χ1) is 6.46. The standard InChI is InChI=1S/C10H18N4/c1-10(2,14(3)4)9(11)8-5-12-7-13-6-8/h5-7,9H,11H2,1-4H3. The molecule has 1 heterocycles. The lowest BCUT2D eigenvalue weighted by Crippen LogP contribution is -2.47. The van der Waals surface area contributed by atoms with Crippen LogP contribution in [-0.2, 0) is 0 Å². The van der Waals surface area contributed by atoms with Gasteiger partial charge in [-0.05, 0) is 27.9 Å². The van der Waals surface area contributed by atoms with Crippen molar-refractivity contribution in [1.82, 2.24) is 14.9 Å². The summed E-state index contributed by atoms with van der Waals surface area (Å²) in [5, 5.41) is 0. The van der Waals surface area contributed by atoms with Crippen molar-refractivity contribution >= 4 is 0 Å². The molecule has 14 heavy (non-hydrogen) atoms. The Hall–Kier alpha value is -1.00. The van der Waals surface area contributed by atoms with Crippen LogP contribution in [0.15, 0.2) is 18.7 Å². The molecule has 0 saturated heterocycles. The van der Waals surface area contributed by atoms with Gasteiger partial charge in [0.05, 0.1) is 6.04 Å². The summed E-state index contributed by atoms with van der Waals surface area (Å²) in [7, 11) is 4.04. The van der Waals surface area contributed by atoms with Crippen LogP contribution in [0.25, 0.3) is 0 Å². The number of hydrogen-bond donors (Lipinski definition) is 1. The molecule has 0 amide bonds. The van der Waals surface area contributed by atoms with E-state index >= 15 is 0 Å². The molecule has 78 valence electrons. The van der Waals surface area contributed by atoms with E-state index in [9.17, 15) is 0 Å². The maximum absolute atomic E-state index is 6.15. The van der Waals surface area contributed by atoms with E-state index in [0.717, 1.165) is 5.56 Å². The molecule has 0 aliphatic carbocycles. The third kappa shape index (κ3) is 2.08.